The highest BCUT2D eigenvalue weighted by atomic mass is 19.1. The molecule has 2 aromatic carbocycles. The van der Waals surface area contributed by atoms with Crippen molar-refractivity contribution in [2.24, 2.45) is 0 Å². The number of carbonyl (C=O) groups excluding carboxylic acids is 1. The molecule has 0 aromatic heterocycles. The largest absolute Gasteiger partial charge is 0.369 e. The van der Waals surface area contributed by atoms with E-state index in [0.29, 0.717) is 17.7 Å². The Kier molecular flexibility index (Phi) is 4.90. The fourth-order valence-electron chi connectivity index (χ4n) is 2.98. The first kappa shape index (κ1) is 16.6. The van der Waals surface area contributed by atoms with Crippen LogP contribution in [0.3, 0.4) is 0 Å². The lowest BCUT2D eigenvalue weighted by atomic mass is 10.1. The number of anilines is 1. The summed E-state index contributed by atoms with van der Waals surface area (Å²) in [6, 6.07) is 11.2. The molecule has 0 unspecified atom stereocenters. The Morgan fingerprint density at radius 3 is 2.29 bits per heavy atom. The zero-order chi connectivity index (χ0) is 17.1. The van der Waals surface area contributed by atoms with Crippen LogP contribution in [-0.4, -0.2) is 36.9 Å². The van der Waals surface area contributed by atoms with E-state index in [1.165, 1.54) is 12.1 Å². The van der Waals surface area contributed by atoms with Gasteiger partial charge >= 0.3 is 0 Å². The summed E-state index contributed by atoms with van der Waals surface area (Å²) in [5.74, 6) is -0.710. The second kappa shape index (κ2) is 7.09. The van der Waals surface area contributed by atoms with Crippen LogP contribution in [0.25, 0.3) is 0 Å². The molecule has 2 aromatic rings. The van der Waals surface area contributed by atoms with Gasteiger partial charge in [-0.3, -0.25) is 9.69 Å². The zero-order valence-electron chi connectivity index (χ0n) is 13.6. The monoisotopic (exact) mass is 330 g/mol. The third-order valence-corrected chi connectivity index (χ3v) is 4.41. The zero-order valence-corrected chi connectivity index (χ0v) is 13.6. The van der Waals surface area contributed by atoms with Gasteiger partial charge in [-0.2, -0.15) is 0 Å². The molecule has 0 bridgehead atoms. The topological polar surface area (TPSA) is 23.6 Å². The number of nitrogens with zero attached hydrogens (tertiary/aromatic N) is 2. The van der Waals surface area contributed by atoms with Gasteiger partial charge in [0, 0.05) is 49.5 Å². The maximum absolute atomic E-state index is 13.7. The average molecular weight is 330 g/mol. The molecular formula is C19H20F2N2O. The highest BCUT2D eigenvalue weighted by Crippen LogP contribution is 2.19. The fraction of sp³-hybridized carbons (Fsp3) is 0.316. The molecule has 126 valence electrons. The van der Waals surface area contributed by atoms with Crippen molar-refractivity contribution in [1.82, 2.24) is 4.90 Å². The highest BCUT2D eigenvalue weighted by molar-refractivity contribution is 5.94. The van der Waals surface area contributed by atoms with Crippen molar-refractivity contribution in [1.29, 1.82) is 0 Å². The molecule has 0 spiro atoms. The predicted octanol–water partition coefficient (Wildman–Crippen LogP) is 3.49. The van der Waals surface area contributed by atoms with Crippen molar-refractivity contribution < 1.29 is 13.6 Å². The van der Waals surface area contributed by atoms with Gasteiger partial charge < -0.3 is 4.90 Å². The van der Waals surface area contributed by atoms with Crippen LogP contribution >= 0.6 is 0 Å². The third kappa shape index (κ3) is 3.79. The van der Waals surface area contributed by atoms with Crippen molar-refractivity contribution in [3.63, 3.8) is 0 Å². The molecule has 0 N–H and O–H groups in total. The number of benzene rings is 2. The lowest BCUT2D eigenvalue weighted by Crippen LogP contribution is -2.46. The van der Waals surface area contributed by atoms with Gasteiger partial charge in [-0.05, 0) is 49.4 Å². The summed E-state index contributed by atoms with van der Waals surface area (Å²) < 4.78 is 27.0. The first-order valence-electron chi connectivity index (χ1n) is 8.05. The van der Waals surface area contributed by atoms with Crippen molar-refractivity contribution in [2.45, 2.75) is 13.5 Å². The SMILES string of the molecule is CC(=O)c1ccc(N2CCN(Cc3cc(F)ccc3F)CC2)cc1. The van der Waals surface area contributed by atoms with Crippen molar-refractivity contribution in [3.05, 3.63) is 65.2 Å². The molecule has 1 heterocycles. The van der Waals surface area contributed by atoms with Gasteiger partial charge in [0.15, 0.2) is 5.78 Å². The van der Waals surface area contributed by atoms with Gasteiger partial charge in [0.1, 0.15) is 11.6 Å². The Morgan fingerprint density at radius 2 is 1.67 bits per heavy atom. The fourth-order valence-corrected chi connectivity index (χ4v) is 2.98. The number of halogens is 2. The van der Waals surface area contributed by atoms with Crippen molar-refractivity contribution in [2.75, 3.05) is 31.1 Å². The maximum Gasteiger partial charge on any atom is 0.159 e. The van der Waals surface area contributed by atoms with E-state index in [1.807, 2.05) is 24.3 Å². The summed E-state index contributed by atoms with van der Waals surface area (Å²) in [7, 11) is 0. The molecule has 5 heteroatoms. The molecule has 0 atom stereocenters. The van der Waals surface area contributed by atoms with Crippen LogP contribution in [0.2, 0.25) is 0 Å². The van der Waals surface area contributed by atoms with E-state index in [9.17, 15) is 13.6 Å². The van der Waals surface area contributed by atoms with E-state index >= 15 is 0 Å². The molecule has 1 saturated heterocycles. The summed E-state index contributed by atoms with van der Waals surface area (Å²) in [5.41, 5.74) is 2.19. The average Bonchev–Trinajstić information content (AvgIpc) is 2.59. The number of rotatable bonds is 4. The minimum atomic E-state index is -0.407. The molecule has 3 rings (SSSR count). The molecule has 3 nitrogen and oxygen atoms in total. The first-order chi connectivity index (χ1) is 11.5. The summed E-state index contributed by atoms with van der Waals surface area (Å²) in [6.45, 7) is 5.17. The normalized spacial score (nSPS) is 15.5. The van der Waals surface area contributed by atoms with Gasteiger partial charge in [-0.15, -0.1) is 0 Å². The van der Waals surface area contributed by atoms with Crippen LogP contribution in [0.5, 0.6) is 0 Å². The Hall–Kier alpha value is -2.27. The molecule has 0 saturated carbocycles. The lowest BCUT2D eigenvalue weighted by Gasteiger charge is -2.36. The first-order valence-corrected chi connectivity index (χ1v) is 8.05. The Labute approximate surface area is 140 Å². The molecule has 1 aliphatic heterocycles. The predicted molar refractivity (Wildman–Crippen MR) is 90.3 cm³/mol. The number of ketones is 1. The summed E-state index contributed by atoms with van der Waals surface area (Å²) in [4.78, 5) is 15.7. The standard InChI is InChI=1S/C19H20F2N2O/c1-14(24)15-2-5-18(6-3-15)23-10-8-22(9-11-23)13-16-12-17(20)4-7-19(16)21/h2-7,12H,8-11,13H2,1H3. The van der Waals surface area contributed by atoms with Crippen LogP contribution in [-0.2, 0) is 6.54 Å². The van der Waals surface area contributed by atoms with Gasteiger partial charge in [0.2, 0.25) is 0 Å². The number of hydrogen-bond acceptors (Lipinski definition) is 3. The van der Waals surface area contributed by atoms with E-state index < -0.39 is 5.82 Å². The minimum absolute atomic E-state index is 0.0588. The van der Waals surface area contributed by atoms with E-state index in [0.717, 1.165) is 37.9 Å². The Morgan fingerprint density at radius 1 is 1.00 bits per heavy atom. The van der Waals surface area contributed by atoms with E-state index in [2.05, 4.69) is 9.80 Å². The second-order valence-electron chi connectivity index (χ2n) is 6.10. The quantitative estimate of drug-likeness (QED) is 0.802. The van der Waals surface area contributed by atoms with Crippen molar-refractivity contribution >= 4 is 11.5 Å². The van der Waals surface area contributed by atoms with Crippen LogP contribution in [0.4, 0.5) is 14.5 Å². The van der Waals surface area contributed by atoms with Crippen LogP contribution in [0.1, 0.15) is 22.8 Å². The van der Waals surface area contributed by atoms with Gasteiger partial charge in [0.05, 0.1) is 0 Å². The van der Waals surface area contributed by atoms with E-state index in [1.54, 1.807) is 6.92 Å². The molecule has 1 fully saturated rings. The number of carbonyl (C=O) groups is 1. The Balaban J connectivity index is 1.59. The summed E-state index contributed by atoms with van der Waals surface area (Å²) >= 11 is 0. The lowest BCUT2D eigenvalue weighted by molar-refractivity contribution is 0.101. The summed E-state index contributed by atoms with van der Waals surface area (Å²) in [6.07, 6.45) is 0. The summed E-state index contributed by atoms with van der Waals surface area (Å²) in [5, 5.41) is 0. The van der Waals surface area contributed by atoms with E-state index in [-0.39, 0.29) is 11.6 Å². The maximum atomic E-state index is 13.7. The molecular weight excluding hydrogens is 310 g/mol. The number of Topliss-reactive ketones (excluding diaryl/α,β-unsaturated/α-hetero) is 1. The Bertz CT molecular complexity index is 723. The van der Waals surface area contributed by atoms with Gasteiger partial charge in [0.25, 0.3) is 0 Å². The van der Waals surface area contributed by atoms with Crippen molar-refractivity contribution in [3.8, 4) is 0 Å². The van der Waals surface area contributed by atoms with Crippen LogP contribution < -0.4 is 4.90 Å². The molecule has 24 heavy (non-hydrogen) atoms. The van der Waals surface area contributed by atoms with Crippen LogP contribution in [0, 0.1) is 11.6 Å². The smallest absolute Gasteiger partial charge is 0.159 e. The van der Waals surface area contributed by atoms with E-state index in [4.69, 9.17) is 0 Å². The molecule has 0 aliphatic carbocycles. The molecule has 0 amide bonds. The second-order valence-corrected chi connectivity index (χ2v) is 6.10. The number of hydrogen-bond donors (Lipinski definition) is 0. The number of piperazine rings is 1. The highest BCUT2D eigenvalue weighted by Gasteiger charge is 2.18. The van der Waals surface area contributed by atoms with Gasteiger partial charge in [-0.25, -0.2) is 8.78 Å². The molecule has 1 aliphatic rings. The minimum Gasteiger partial charge on any atom is -0.369 e. The molecule has 0 radical (unpaired) electrons. The third-order valence-electron chi connectivity index (χ3n) is 4.41. The van der Waals surface area contributed by atoms with Gasteiger partial charge in [-0.1, -0.05) is 0 Å². The van der Waals surface area contributed by atoms with Crippen LogP contribution in [0.15, 0.2) is 42.5 Å².